The van der Waals surface area contributed by atoms with Crippen LogP contribution in [-0.2, 0) is 16.0 Å². The molecule has 1 saturated heterocycles. The molecular weight excluding hydrogens is 264 g/mol. The van der Waals surface area contributed by atoms with Crippen LogP contribution in [0.1, 0.15) is 23.5 Å². The lowest BCUT2D eigenvalue weighted by Gasteiger charge is -2.30. The predicted molar refractivity (Wildman–Crippen MR) is 78.4 cm³/mol. The zero-order valence-corrected chi connectivity index (χ0v) is 11.5. The lowest BCUT2D eigenvalue weighted by molar-refractivity contribution is -0.137. The van der Waals surface area contributed by atoms with Gasteiger partial charge in [-0.05, 0) is 23.6 Å². The molecule has 1 aromatic heterocycles. The number of aromatic nitrogens is 1. The Kier molecular flexibility index (Phi) is 3.77. The SMILES string of the molecule is O=C1CC(c2cccnc2)C(Cc2ccccc2)C(=O)N1. The summed E-state index contributed by atoms with van der Waals surface area (Å²) in [4.78, 5) is 28.1. The van der Waals surface area contributed by atoms with Crippen LogP contribution in [0.4, 0.5) is 0 Å². The molecule has 0 saturated carbocycles. The first-order valence-electron chi connectivity index (χ1n) is 7.01. The van der Waals surface area contributed by atoms with Gasteiger partial charge in [-0.3, -0.25) is 19.9 Å². The fraction of sp³-hybridized carbons (Fsp3) is 0.235. The van der Waals surface area contributed by atoms with Gasteiger partial charge in [-0.15, -0.1) is 0 Å². The topological polar surface area (TPSA) is 59.1 Å². The van der Waals surface area contributed by atoms with Crippen LogP contribution in [0.5, 0.6) is 0 Å². The van der Waals surface area contributed by atoms with Crippen LogP contribution in [-0.4, -0.2) is 16.8 Å². The summed E-state index contributed by atoms with van der Waals surface area (Å²) in [6, 6.07) is 13.6. The van der Waals surface area contributed by atoms with E-state index in [-0.39, 0.29) is 23.7 Å². The molecule has 2 heterocycles. The molecule has 2 atom stereocenters. The second-order valence-corrected chi connectivity index (χ2v) is 5.31. The van der Waals surface area contributed by atoms with Crippen molar-refractivity contribution in [2.75, 3.05) is 0 Å². The minimum atomic E-state index is -0.241. The van der Waals surface area contributed by atoms with Crippen LogP contribution in [0.25, 0.3) is 0 Å². The van der Waals surface area contributed by atoms with Crippen molar-refractivity contribution in [3.63, 3.8) is 0 Å². The Labute approximate surface area is 123 Å². The van der Waals surface area contributed by atoms with Gasteiger partial charge in [0.05, 0.1) is 0 Å². The van der Waals surface area contributed by atoms with Gasteiger partial charge in [0.15, 0.2) is 0 Å². The van der Waals surface area contributed by atoms with E-state index in [2.05, 4.69) is 10.3 Å². The summed E-state index contributed by atoms with van der Waals surface area (Å²) >= 11 is 0. The minimum absolute atomic E-state index is 0.111. The Balaban J connectivity index is 1.90. The molecule has 2 unspecified atom stereocenters. The second kappa shape index (κ2) is 5.87. The van der Waals surface area contributed by atoms with Gasteiger partial charge >= 0.3 is 0 Å². The van der Waals surface area contributed by atoms with E-state index in [1.54, 1.807) is 12.4 Å². The third-order valence-corrected chi connectivity index (χ3v) is 3.90. The first-order valence-corrected chi connectivity index (χ1v) is 7.01. The molecule has 1 N–H and O–H groups in total. The number of pyridine rings is 1. The number of amides is 2. The van der Waals surface area contributed by atoms with Gasteiger partial charge in [0.1, 0.15) is 0 Å². The van der Waals surface area contributed by atoms with Crippen LogP contribution >= 0.6 is 0 Å². The summed E-state index contributed by atoms with van der Waals surface area (Å²) in [6.07, 6.45) is 4.39. The molecule has 4 nitrogen and oxygen atoms in total. The van der Waals surface area contributed by atoms with Crippen LogP contribution in [0, 0.1) is 5.92 Å². The molecular formula is C17H16N2O2. The first kappa shape index (κ1) is 13.5. The molecule has 0 aliphatic carbocycles. The van der Waals surface area contributed by atoms with E-state index in [1.807, 2.05) is 42.5 Å². The lowest BCUT2D eigenvalue weighted by atomic mass is 9.78. The van der Waals surface area contributed by atoms with Crippen molar-refractivity contribution in [2.24, 2.45) is 5.92 Å². The largest absolute Gasteiger partial charge is 0.296 e. The van der Waals surface area contributed by atoms with E-state index in [9.17, 15) is 9.59 Å². The minimum Gasteiger partial charge on any atom is -0.296 e. The van der Waals surface area contributed by atoms with E-state index in [1.165, 1.54) is 0 Å². The normalized spacial score (nSPS) is 21.9. The van der Waals surface area contributed by atoms with Gasteiger partial charge in [-0.1, -0.05) is 36.4 Å². The molecule has 1 aromatic carbocycles. The summed E-state index contributed by atoms with van der Waals surface area (Å²) < 4.78 is 0. The van der Waals surface area contributed by atoms with Crippen molar-refractivity contribution in [1.29, 1.82) is 0 Å². The molecule has 1 fully saturated rings. The number of nitrogens with one attached hydrogen (secondary N) is 1. The number of hydrogen-bond acceptors (Lipinski definition) is 3. The highest BCUT2D eigenvalue weighted by Gasteiger charge is 2.36. The molecule has 0 bridgehead atoms. The van der Waals surface area contributed by atoms with Crippen molar-refractivity contribution in [3.05, 3.63) is 66.0 Å². The van der Waals surface area contributed by atoms with Gasteiger partial charge in [0.25, 0.3) is 0 Å². The molecule has 0 radical (unpaired) electrons. The van der Waals surface area contributed by atoms with E-state index < -0.39 is 0 Å². The maximum absolute atomic E-state index is 12.2. The van der Waals surface area contributed by atoms with Crippen molar-refractivity contribution in [2.45, 2.75) is 18.8 Å². The number of imide groups is 1. The number of benzene rings is 1. The Morgan fingerprint density at radius 2 is 1.90 bits per heavy atom. The highest BCUT2D eigenvalue weighted by Crippen LogP contribution is 2.33. The van der Waals surface area contributed by atoms with E-state index in [4.69, 9.17) is 0 Å². The average molecular weight is 280 g/mol. The predicted octanol–water partition coefficient (Wildman–Crippen LogP) is 2.07. The quantitative estimate of drug-likeness (QED) is 0.876. The Morgan fingerprint density at radius 1 is 1.10 bits per heavy atom. The zero-order valence-electron chi connectivity index (χ0n) is 11.5. The van der Waals surface area contributed by atoms with Gasteiger partial charge in [0.2, 0.25) is 11.8 Å². The number of nitrogens with zero attached hydrogens (tertiary/aromatic N) is 1. The molecule has 0 spiro atoms. The Bertz CT molecular complexity index is 640. The van der Waals surface area contributed by atoms with E-state index >= 15 is 0 Å². The van der Waals surface area contributed by atoms with Gasteiger partial charge in [-0.25, -0.2) is 0 Å². The number of carbonyl (C=O) groups excluding carboxylic acids is 2. The van der Waals surface area contributed by atoms with Gasteiger partial charge in [-0.2, -0.15) is 0 Å². The molecule has 1 aliphatic rings. The standard InChI is InChI=1S/C17H16N2O2/c20-16-10-14(13-7-4-8-18-11-13)15(17(21)19-16)9-12-5-2-1-3-6-12/h1-8,11,14-15H,9-10H2,(H,19,20,21). The Hall–Kier alpha value is -2.49. The van der Waals surface area contributed by atoms with Gasteiger partial charge < -0.3 is 0 Å². The molecule has 4 heteroatoms. The fourth-order valence-corrected chi connectivity index (χ4v) is 2.85. The molecule has 21 heavy (non-hydrogen) atoms. The van der Waals surface area contributed by atoms with E-state index in [0.29, 0.717) is 12.8 Å². The maximum atomic E-state index is 12.2. The number of rotatable bonds is 3. The third kappa shape index (κ3) is 2.99. The fourth-order valence-electron chi connectivity index (χ4n) is 2.85. The summed E-state index contributed by atoms with van der Waals surface area (Å²) in [5, 5.41) is 2.45. The molecule has 106 valence electrons. The number of carbonyl (C=O) groups is 2. The zero-order chi connectivity index (χ0) is 14.7. The van der Waals surface area contributed by atoms with Crippen molar-refractivity contribution in [1.82, 2.24) is 10.3 Å². The van der Waals surface area contributed by atoms with E-state index in [0.717, 1.165) is 11.1 Å². The summed E-state index contributed by atoms with van der Waals surface area (Å²) in [6.45, 7) is 0. The smallest absolute Gasteiger partial charge is 0.230 e. The second-order valence-electron chi connectivity index (χ2n) is 5.31. The Morgan fingerprint density at radius 3 is 2.62 bits per heavy atom. The summed E-state index contributed by atoms with van der Waals surface area (Å²) in [5.74, 6) is -0.753. The monoisotopic (exact) mass is 280 g/mol. The van der Waals surface area contributed by atoms with Crippen molar-refractivity contribution < 1.29 is 9.59 Å². The van der Waals surface area contributed by atoms with Crippen LogP contribution in [0.15, 0.2) is 54.9 Å². The van der Waals surface area contributed by atoms with Crippen molar-refractivity contribution in [3.8, 4) is 0 Å². The van der Waals surface area contributed by atoms with Crippen LogP contribution < -0.4 is 5.32 Å². The first-order chi connectivity index (χ1) is 10.2. The maximum Gasteiger partial charge on any atom is 0.230 e. The number of piperidine rings is 1. The highest BCUT2D eigenvalue weighted by atomic mass is 16.2. The molecule has 1 aliphatic heterocycles. The average Bonchev–Trinajstić information content (AvgIpc) is 2.51. The molecule has 2 amide bonds. The van der Waals surface area contributed by atoms with Crippen LogP contribution in [0.3, 0.4) is 0 Å². The summed E-state index contributed by atoms with van der Waals surface area (Å²) in [5.41, 5.74) is 2.04. The van der Waals surface area contributed by atoms with Gasteiger partial charge in [0, 0.05) is 30.7 Å². The number of hydrogen-bond donors (Lipinski definition) is 1. The molecule has 3 rings (SSSR count). The highest BCUT2D eigenvalue weighted by molar-refractivity contribution is 6.00. The summed E-state index contributed by atoms with van der Waals surface area (Å²) in [7, 11) is 0. The van der Waals surface area contributed by atoms with Crippen molar-refractivity contribution >= 4 is 11.8 Å². The van der Waals surface area contributed by atoms with Crippen LogP contribution in [0.2, 0.25) is 0 Å². The molecule has 2 aromatic rings. The lowest BCUT2D eigenvalue weighted by Crippen LogP contribution is -2.45. The third-order valence-electron chi connectivity index (χ3n) is 3.90.